The maximum Gasteiger partial charge on any atom is 0.261 e. The van der Waals surface area contributed by atoms with Gasteiger partial charge in [0.15, 0.2) is 11.5 Å². The van der Waals surface area contributed by atoms with Crippen LogP contribution >= 0.6 is 0 Å². The van der Waals surface area contributed by atoms with Crippen molar-refractivity contribution in [3.05, 3.63) is 81.4 Å². The van der Waals surface area contributed by atoms with Gasteiger partial charge >= 0.3 is 0 Å². The summed E-state index contributed by atoms with van der Waals surface area (Å²) in [5.74, 6) is 1.42. The quantitative estimate of drug-likeness (QED) is 0.359. The minimum Gasteiger partial charge on any atom is -0.494 e. The molecule has 1 aliphatic heterocycles. The minimum absolute atomic E-state index is 0.153. The normalized spacial score (nSPS) is 12.5. The van der Waals surface area contributed by atoms with Gasteiger partial charge in [-0.2, -0.15) is 5.10 Å². The second-order valence-electron chi connectivity index (χ2n) is 7.71. The van der Waals surface area contributed by atoms with Gasteiger partial charge < -0.3 is 14.6 Å². The number of fused-ring (bicyclic) bond motifs is 2. The molecule has 2 aromatic heterocycles. The van der Waals surface area contributed by atoms with Crippen LogP contribution in [0.15, 0.2) is 58.4 Å². The molecule has 0 bridgehead atoms. The third-order valence-electron chi connectivity index (χ3n) is 5.31. The van der Waals surface area contributed by atoms with Crippen LogP contribution in [0.5, 0.6) is 17.4 Å². The number of aryl methyl sites for hydroxylation is 2. The summed E-state index contributed by atoms with van der Waals surface area (Å²) in [6.45, 7) is 4.06. The Morgan fingerprint density at radius 2 is 1.79 bits per heavy atom. The van der Waals surface area contributed by atoms with Gasteiger partial charge in [0, 0.05) is 22.2 Å². The Bertz CT molecular complexity index is 1440. The lowest BCUT2D eigenvalue weighted by molar-refractivity contribution is 0.174. The van der Waals surface area contributed by atoms with Crippen molar-refractivity contribution in [1.82, 2.24) is 14.5 Å². The molecule has 33 heavy (non-hydrogen) atoms. The third kappa shape index (κ3) is 3.96. The number of nitrogens with zero attached hydrogens (tertiary/aromatic N) is 4. The largest absolute Gasteiger partial charge is 0.494 e. The summed E-state index contributed by atoms with van der Waals surface area (Å²) < 4.78 is 12.1. The average molecular weight is 443 g/mol. The molecule has 3 heterocycles. The Balaban J connectivity index is 1.54. The van der Waals surface area contributed by atoms with Crippen LogP contribution in [0.2, 0.25) is 0 Å². The highest BCUT2D eigenvalue weighted by Gasteiger charge is 2.17. The van der Waals surface area contributed by atoms with E-state index in [-0.39, 0.29) is 24.8 Å². The molecule has 0 saturated heterocycles. The number of benzene rings is 2. The lowest BCUT2D eigenvalue weighted by Gasteiger charge is -2.14. The van der Waals surface area contributed by atoms with Crippen molar-refractivity contribution < 1.29 is 14.6 Å². The van der Waals surface area contributed by atoms with E-state index in [1.165, 1.54) is 10.8 Å². The van der Waals surface area contributed by atoms with Crippen LogP contribution in [-0.2, 0) is 6.54 Å². The number of hydrogen-bond acceptors (Lipinski definition) is 8. The lowest BCUT2D eigenvalue weighted by atomic mass is 10.1. The molecule has 5 rings (SSSR count). The number of anilines is 1. The highest BCUT2D eigenvalue weighted by Crippen LogP contribution is 2.33. The van der Waals surface area contributed by atoms with Crippen molar-refractivity contribution in [1.29, 1.82) is 0 Å². The number of aromatic hydroxyl groups is 1. The van der Waals surface area contributed by atoms with Gasteiger partial charge in [-0.3, -0.25) is 9.36 Å². The zero-order chi connectivity index (χ0) is 22.9. The predicted octanol–water partition coefficient (Wildman–Crippen LogP) is 3.34. The molecule has 0 aliphatic carbocycles. The maximum absolute atomic E-state index is 13.2. The van der Waals surface area contributed by atoms with Gasteiger partial charge in [-0.15, -0.1) is 0 Å². The number of hydrazone groups is 1. The Morgan fingerprint density at radius 3 is 2.58 bits per heavy atom. The van der Waals surface area contributed by atoms with E-state index in [2.05, 4.69) is 20.5 Å². The van der Waals surface area contributed by atoms with E-state index in [0.717, 1.165) is 17.0 Å². The summed E-state index contributed by atoms with van der Waals surface area (Å²) in [6.07, 6.45) is 1.47. The first-order valence-corrected chi connectivity index (χ1v) is 10.3. The van der Waals surface area contributed by atoms with Crippen LogP contribution in [0.3, 0.4) is 0 Å². The molecule has 0 saturated carbocycles. The van der Waals surface area contributed by atoms with Crippen LogP contribution in [0, 0.1) is 13.8 Å². The van der Waals surface area contributed by atoms with E-state index in [9.17, 15) is 9.90 Å². The fourth-order valence-electron chi connectivity index (χ4n) is 3.84. The zero-order valence-corrected chi connectivity index (χ0v) is 18.1. The van der Waals surface area contributed by atoms with E-state index in [1.807, 2.05) is 26.0 Å². The number of ether oxygens (including phenoxy) is 2. The monoisotopic (exact) mass is 443 g/mol. The number of aromatic nitrogens is 3. The molecule has 0 spiro atoms. The van der Waals surface area contributed by atoms with Gasteiger partial charge in [0.05, 0.1) is 18.3 Å². The molecule has 2 N–H and O–H groups in total. The molecule has 0 amide bonds. The summed E-state index contributed by atoms with van der Waals surface area (Å²) in [5, 5.41) is 16.3. The van der Waals surface area contributed by atoms with Crippen molar-refractivity contribution in [3.63, 3.8) is 0 Å². The number of hydrogen-bond donors (Lipinski definition) is 2. The van der Waals surface area contributed by atoms with Crippen molar-refractivity contribution >= 4 is 22.9 Å². The summed E-state index contributed by atoms with van der Waals surface area (Å²) in [7, 11) is 0. The van der Waals surface area contributed by atoms with Crippen LogP contribution in [0.25, 0.3) is 10.8 Å². The second kappa shape index (κ2) is 8.27. The Kier molecular flexibility index (Phi) is 5.14. The third-order valence-corrected chi connectivity index (χ3v) is 5.31. The van der Waals surface area contributed by atoms with Gasteiger partial charge in [-0.25, -0.2) is 15.4 Å². The molecule has 166 valence electrons. The summed E-state index contributed by atoms with van der Waals surface area (Å²) >= 11 is 0. The van der Waals surface area contributed by atoms with Gasteiger partial charge in [-0.1, -0.05) is 24.3 Å². The molecular weight excluding hydrogens is 422 g/mol. The van der Waals surface area contributed by atoms with Gasteiger partial charge in [0.1, 0.15) is 0 Å². The van der Waals surface area contributed by atoms with Gasteiger partial charge in [0.2, 0.25) is 18.6 Å². The van der Waals surface area contributed by atoms with E-state index < -0.39 is 0 Å². The van der Waals surface area contributed by atoms with Crippen LogP contribution in [-0.4, -0.2) is 32.6 Å². The molecule has 0 atom stereocenters. The van der Waals surface area contributed by atoms with E-state index >= 15 is 0 Å². The van der Waals surface area contributed by atoms with E-state index in [1.54, 1.807) is 36.4 Å². The first-order chi connectivity index (χ1) is 16.0. The number of nitrogens with one attached hydrogen (secondary N) is 1. The topological polar surface area (TPSA) is 111 Å². The van der Waals surface area contributed by atoms with Crippen LogP contribution < -0.4 is 20.5 Å². The first kappa shape index (κ1) is 20.5. The highest BCUT2D eigenvalue weighted by atomic mass is 16.7. The summed E-state index contributed by atoms with van der Waals surface area (Å²) in [5.41, 5.74) is 5.31. The first-order valence-electron chi connectivity index (χ1n) is 10.3. The smallest absolute Gasteiger partial charge is 0.261 e. The zero-order valence-electron chi connectivity index (χ0n) is 18.1. The van der Waals surface area contributed by atoms with E-state index in [4.69, 9.17) is 9.47 Å². The van der Waals surface area contributed by atoms with Crippen molar-refractivity contribution in [2.24, 2.45) is 5.10 Å². The number of pyridine rings is 1. The standard InChI is InChI=1S/C24H21N5O4/c1-14-9-15(2)27-24(26-14)28-25-11-19-17-5-3-4-6-18(17)22(30)29(23(19)31)12-16-7-8-20-21(10-16)33-13-32-20/h3-11,31H,12-13H2,1-2H3,(H,26,27,28). The molecule has 1 aliphatic rings. The van der Waals surface area contributed by atoms with Crippen molar-refractivity contribution in [2.45, 2.75) is 20.4 Å². The maximum atomic E-state index is 13.2. The fraction of sp³-hybridized carbons (Fsp3) is 0.167. The molecule has 0 radical (unpaired) electrons. The van der Waals surface area contributed by atoms with Gasteiger partial charge in [-0.05, 0) is 43.7 Å². The predicted molar refractivity (Wildman–Crippen MR) is 124 cm³/mol. The summed E-state index contributed by atoms with van der Waals surface area (Å²) in [6, 6.07) is 14.4. The SMILES string of the molecule is Cc1cc(C)nc(NN=Cc2c(O)n(Cc3ccc4c(c3)OCO4)c(=O)c3ccccc23)n1. The number of rotatable bonds is 5. The van der Waals surface area contributed by atoms with Gasteiger partial charge in [0.25, 0.3) is 5.56 Å². The molecule has 9 heteroatoms. The fourth-order valence-corrected chi connectivity index (χ4v) is 3.84. The minimum atomic E-state index is -0.302. The van der Waals surface area contributed by atoms with Crippen LogP contribution in [0.1, 0.15) is 22.5 Å². The van der Waals surface area contributed by atoms with Crippen molar-refractivity contribution in [3.8, 4) is 17.4 Å². The average Bonchev–Trinajstić information content (AvgIpc) is 3.26. The molecular formula is C24H21N5O4. The lowest BCUT2D eigenvalue weighted by Crippen LogP contribution is -2.22. The van der Waals surface area contributed by atoms with Crippen molar-refractivity contribution in [2.75, 3.05) is 12.2 Å². The second-order valence-corrected chi connectivity index (χ2v) is 7.71. The highest BCUT2D eigenvalue weighted by molar-refractivity contribution is 6.01. The molecule has 2 aromatic carbocycles. The Morgan fingerprint density at radius 1 is 1.06 bits per heavy atom. The van der Waals surface area contributed by atoms with Crippen LogP contribution in [0.4, 0.5) is 5.95 Å². The Hall–Kier alpha value is -4.40. The summed E-state index contributed by atoms with van der Waals surface area (Å²) in [4.78, 5) is 21.8. The molecule has 0 fully saturated rings. The molecule has 0 unspecified atom stereocenters. The molecule has 4 aromatic rings. The van der Waals surface area contributed by atoms with E-state index in [0.29, 0.717) is 33.8 Å². The molecule has 9 nitrogen and oxygen atoms in total. The Labute approximate surface area is 189 Å².